The standard InChI is InChI=1S/C10H12BrF/c1-7(2)10(11)8-4-3-5-9(12)6-8/h3-7,10H,1-2H3. The van der Waals surface area contributed by atoms with Crippen molar-refractivity contribution in [2.75, 3.05) is 0 Å². The Morgan fingerprint density at radius 3 is 2.50 bits per heavy atom. The number of hydrogen-bond donors (Lipinski definition) is 0. The average Bonchev–Trinajstić information content (AvgIpc) is 2.03. The Morgan fingerprint density at radius 2 is 2.00 bits per heavy atom. The van der Waals surface area contributed by atoms with Crippen LogP contribution in [0, 0.1) is 11.7 Å². The zero-order valence-corrected chi connectivity index (χ0v) is 8.81. The zero-order chi connectivity index (χ0) is 9.14. The van der Waals surface area contributed by atoms with Gasteiger partial charge in [0.2, 0.25) is 0 Å². The van der Waals surface area contributed by atoms with Gasteiger partial charge in [-0.3, -0.25) is 0 Å². The molecular weight excluding hydrogens is 219 g/mol. The molecule has 0 saturated heterocycles. The molecule has 0 amide bonds. The second-order valence-electron chi connectivity index (χ2n) is 3.20. The molecule has 0 spiro atoms. The molecule has 12 heavy (non-hydrogen) atoms. The number of hydrogen-bond acceptors (Lipinski definition) is 0. The normalized spacial score (nSPS) is 13.4. The van der Waals surface area contributed by atoms with Gasteiger partial charge in [-0.2, -0.15) is 0 Å². The predicted octanol–water partition coefficient (Wildman–Crippen LogP) is 3.92. The Labute approximate surface area is 80.9 Å². The molecule has 0 aromatic heterocycles. The van der Waals surface area contributed by atoms with E-state index in [1.54, 1.807) is 12.1 Å². The molecule has 1 aromatic carbocycles. The van der Waals surface area contributed by atoms with Gasteiger partial charge >= 0.3 is 0 Å². The molecule has 0 bridgehead atoms. The van der Waals surface area contributed by atoms with E-state index in [0.717, 1.165) is 5.56 Å². The minimum absolute atomic E-state index is 0.169. The molecular formula is C10H12BrF. The molecule has 1 aromatic rings. The van der Waals surface area contributed by atoms with Crippen molar-refractivity contribution in [2.45, 2.75) is 18.7 Å². The number of rotatable bonds is 2. The lowest BCUT2D eigenvalue weighted by Crippen LogP contribution is -1.98. The maximum Gasteiger partial charge on any atom is 0.123 e. The molecule has 66 valence electrons. The fraction of sp³-hybridized carbons (Fsp3) is 0.400. The molecule has 0 N–H and O–H groups in total. The number of halogens is 2. The summed E-state index contributed by atoms with van der Waals surface area (Å²) >= 11 is 3.52. The largest absolute Gasteiger partial charge is 0.207 e. The van der Waals surface area contributed by atoms with Crippen LogP contribution in [-0.4, -0.2) is 0 Å². The van der Waals surface area contributed by atoms with E-state index in [9.17, 15) is 4.39 Å². The number of benzene rings is 1. The van der Waals surface area contributed by atoms with Gasteiger partial charge in [0.25, 0.3) is 0 Å². The third-order valence-corrected chi connectivity index (χ3v) is 3.34. The van der Waals surface area contributed by atoms with E-state index < -0.39 is 0 Å². The Morgan fingerprint density at radius 1 is 1.33 bits per heavy atom. The molecule has 0 fully saturated rings. The summed E-state index contributed by atoms with van der Waals surface area (Å²) in [5.41, 5.74) is 1.00. The van der Waals surface area contributed by atoms with E-state index in [-0.39, 0.29) is 10.6 Å². The van der Waals surface area contributed by atoms with E-state index in [0.29, 0.717) is 5.92 Å². The van der Waals surface area contributed by atoms with Gasteiger partial charge in [0, 0.05) is 4.83 Å². The van der Waals surface area contributed by atoms with Crippen LogP contribution in [0.1, 0.15) is 24.2 Å². The maximum absolute atomic E-state index is 12.8. The Hall–Kier alpha value is -0.370. The van der Waals surface area contributed by atoms with Crippen LogP contribution in [0.5, 0.6) is 0 Å². The minimum Gasteiger partial charge on any atom is -0.207 e. The van der Waals surface area contributed by atoms with Crippen molar-refractivity contribution in [3.8, 4) is 0 Å². The van der Waals surface area contributed by atoms with Gasteiger partial charge in [0.05, 0.1) is 0 Å². The van der Waals surface area contributed by atoms with Gasteiger partial charge < -0.3 is 0 Å². The fourth-order valence-electron chi connectivity index (χ4n) is 1.06. The monoisotopic (exact) mass is 230 g/mol. The van der Waals surface area contributed by atoms with Gasteiger partial charge in [-0.25, -0.2) is 4.39 Å². The van der Waals surface area contributed by atoms with Crippen molar-refractivity contribution < 1.29 is 4.39 Å². The van der Waals surface area contributed by atoms with Crippen LogP contribution >= 0.6 is 15.9 Å². The molecule has 0 saturated carbocycles. The topological polar surface area (TPSA) is 0 Å². The second-order valence-corrected chi connectivity index (χ2v) is 4.19. The molecule has 0 aliphatic heterocycles. The summed E-state index contributed by atoms with van der Waals surface area (Å²) in [5.74, 6) is 0.310. The summed E-state index contributed by atoms with van der Waals surface area (Å²) in [4.78, 5) is 0.244. The van der Waals surface area contributed by atoms with Crippen molar-refractivity contribution in [3.05, 3.63) is 35.6 Å². The third-order valence-electron chi connectivity index (χ3n) is 1.75. The fourth-order valence-corrected chi connectivity index (χ4v) is 1.35. The predicted molar refractivity (Wildman–Crippen MR) is 52.9 cm³/mol. The van der Waals surface area contributed by atoms with Crippen molar-refractivity contribution in [2.24, 2.45) is 5.92 Å². The Bertz CT molecular complexity index is 258. The molecule has 2 heteroatoms. The van der Waals surface area contributed by atoms with Crippen LogP contribution in [0.2, 0.25) is 0 Å². The third kappa shape index (κ3) is 2.31. The van der Waals surface area contributed by atoms with Gasteiger partial charge in [-0.15, -0.1) is 0 Å². The van der Waals surface area contributed by atoms with Gasteiger partial charge in [-0.1, -0.05) is 41.9 Å². The Balaban J connectivity index is 2.88. The zero-order valence-electron chi connectivity index (χ0n) is 7.22. The summed E-state index contributed by atoms with van der Waals surface area (Å²) in [7, 11) is 0. The minimum atomic E-state index is -0.169. The lowest BCUT2D eigenvalue weighted by atomic mass is 10.0. The smallest absolute Gasteiger partial charge is 0.123 e. The summed E-state index contributed by atoms with van der Waals surface area (Å²) in [6, 6.07) is 6.70. The maximum atomic E-state index is 12.8. The average molecular weight is 231 g/mol. The summed E-state index contributed by atoms with van der Waals surface area (Å²) < 4.78 is 12.8. The lowest BCUT2D eigenvalue weighted by molar-refractivity contribution is 0.611. The van der Waals surface area contributed by atoms with Crippen LogP contribution in [0.25, 0.3) is 0 Å². The molecule has 0 aliphatic rings. The molecule has 1 rings (SSSR count). The van der Waals surface area contributed by atoms with Crippen LogP contribution in [0.3, 0.4) is 0 Å². The van der Waals surface area contributed by atoms with Crippen molar-refractivity contribution in [1.29, 1.82) is 0 Å². The summed E-state index contributed by atoms with van der Waals surface area (Å²) in [6.45, 7) is 4.20. The first kappa shape index (κ1) is 9.72. The van der Waals surface area contributed by atoms with Gasteiger partial charge in [0.15, 0.2) is 0 Å². The first-order valence-electron chi connectivity index (χ1n) is 4.01. The summed E-state index contributed by atoms with van der Waals surface area (Å²) in [6.07, 6.45) is 0. The van der Waals surface area contributed by atoms with Crippen molar-refractivity contribution >= 4 is 15.9 Å². The van der Waals surface area contributed by atoms with E-state index in [2.05, 4.69) is 29.8 Å². The first-order valence-corrected chi connectivity index (χ1v) is 4.92. The van der Waals surface area contributed by atoms with Crippen LogP contribution in [0.4, 0.5) is 4.39 Å². The number of alkyl halides is 1. The highest BCUT2D eigenvalue weighted by Crippen LogP contribution is 2.30. The van der Waals surface area contributed by atoms with Crippen molar-refractivity contribution in [3.63, 3.8) is 0 Å². The molecule has 0 aliphatic carbocycles. The molecule has 0 heterocycles. The Kier molecular flexibility index (Phi) is 3.27. The molecule has 1 unspecified atom stereocenters. The highest BCUT2D eigenvalue weighted by Gasteiger charge is 2.11. The van der Waals surface area contributed by atoms with Gasteiger partial charge in [0.1, 0.15) is 5.82 Å². The van der Waals surface area contributed by atoms with E-state index in [4.69, 9.17) is 0 Å². The first-order chi connectivity index (χ1) is 5.61. The molecule has 0 radical (unpaired) electrons. The SMILES string of the molecule is CC(C)C(Br)c1cccc(F)c1. The quantitative estimate of drug-likeness (QED) is 0.676. The lowest BCUT2D eigenvalue weighted by Gasteiger charge is -2.13. The van der Waals surface area contributed by atoms with E-state index in [1.165, 1.54) is 6.07 Å². The molecule has 1 atom stereocenters. The van der Waals surface area contributed by atoms with Crippen LogP contribution in [-0.2, 0) is 0 Å². The van der Waals surface area contributed by atoms with Gasteiger partial charge in [-0.05, 0) is 23.6 Å². The van der Waals surface area contributed by atoms with Crippen molar-refractivity contribution in [1.82, 2.24) is 0 Å². The van der Waals surface area contributed by atoms with E-state index >= 15 is 0 Å². The van der Waals surface area contributed by atoms with Crippen LogP contribution in [0.15, 0.2) is 24.3 Å². The molecule has 0 nitrogen and oxygen atoms in total. The van der Waals surface area contributed by atoms with E-state index in [1.807, 2.05) is 6.07 Å². The summed E-state index contributed by atoms with van der Waals surface area (Å²) in [5, 5.41) is 0. The highest BCUT2D eigenvalue weighted by atomic mass is 79.9. The highest BCUT2D eigenvalue weighted by molar-refractivity contribution is 9.09. The second kappa shape index (κ2) is 4.04. The van der Waals surface area contributed by atoms with Crippen LogP contribution < -0.4 is 0 Å².